The lowest BCUT2D eigenvalue weighted by atomic mass is 9.74. The van der Waals surface area contributed by atoms with Crippen molar-refractivity contribution in [3.8, 4) is 0 Å². The van der Waals surface area contributed by atoms with Crippen LogP contribution in [0.25, 0.3) is 0 Å². The van der Waals surface area contributed by atoms with Crippen molar-refractivity contribution in [2.24, 2.45) is 11.7 Å². The van der Waals surface area contributed by atoms with Crippen molar-refractivity contribution in [3.05, 3.63) is 0 Å². The third-order valence-corrected chi connectivity index (χ3v) is 5.52. The number of hydrogen-bond acceptors (Lipinski definition) is 2. The Morgan fingerprint density at radius 1 is 1.00 bits per heavy atom. The van der Waals surface area contributed by atoms with Crippen molar-refractivity contribution >= 4 is 0 Å². The van der Waals surface area contributed by atoms with Crippen molar-refractivity contribution in [2.45, 2.75) is 76.7 Å². The molecule has 2 nitrogen and oxygen atoms in total. The fourth-order valence-electron chi connectivity index (χ4n) is 3.99. The Balaban J connectivity index is 1.97. The molecule has 0 spiro atoms. The molecule has 0 atom stereocenters. The first-order valence-electron chi connectivity index (χ1n) is 8.26. The summed E-state index contributed by atoms with van der Waals surface area (Å²) in [4.78, 5) is 2.78. The second-order valence-corrected chi connectivity index (χ2v) is 6.53. The van der Waals surface area contributed by atoms with Gasteiger partial charge in [0.05, 0.1) is 0 Å². The lowest BCUT2D eigenvalue weighted by Crippen LogP contribution is -2.56. The van der Waals surface area contributed by atoms with Crippen molar-refractivity contribution < 1.29 is 0 Å². The second kappa shape index (κ2) is 6.91. The molecule has 0 radical (unpaired) electrons. The molecule has 1 saturated carbocycles. The van der Waals surface area contributed by atoms with Gasteiger partial charge in [-0.2, -0.15) is 0 Å². The zero-order valence-corrected chi connectivity index (χ0v) is 12.3. The zero-order valence-electron chi connectivity index (χ0n) is 12.3. The molecular weight excluding hydrogens is 220 g/mol. The van der Waals surface area contributed by atoms with Crippen LogP contribution >= 0.6 is 0 Å². The quantitative estimate of drug-likeness (QED) is 0.832. The average Bonchev–Trinajstić information content (AvgIpc) is 2.38. The van der Waals surface area contributed by atoms with Crippen LogP contribution in [0.5, 0.6) is 0 Å². The summed E-state index contributed by atoms with van der Waals surface area (Å²) in [7, 11) is 0. The molecule has 0 aromatic rings. The van der Waals surface area contributed by atoms with Crippen LogP contribution in [-0.2, 0) is 0 Å². The molecule has 0 aromatic heterocycles. The van der Waals surface area contributed by atoms with E-state index in [9.17, 15) is 0 Å². The first-order valence-corrected chi connectivity index (χ1v) is 8.26. The molecule has 0 aromatic carbocycles. The van der Waals surface area contributed by atoms with E-state index in [4.69, 9.17) is 5.73 Å². The fourth-order valence-corrected chi connectivity index (χ4v) is 3.99. The topological polar surface area (TPSA) is 29.3 Å². The van der Waals surface area contributed by atoms with E-state index < -0.39 is 0 Å². The summed E-state index contributed by atoms with van der Waals surface area (Å²) in [5.74, 6) is 0.972. The molecule has 1 aliphatic carbocycles. The fraction of sp³-hybridized carbons (Fsp3) is 1.00. The monoisotopic (exact) mass is 252 g/mol. The van der Waals surface area contributed by atoms with Crippen LogP contribution in [0.15, 0.2) is 0 Å². The molecule has 2 rings (SSSR count). The van der Waals surface area contributed by atoms with Crippen molar-refractivity contribution in [3.63, 3.8) is 0 Å². The van der Waals surface area contributed by atoms with Gasteiger partial charge in [0.1, 0.15) is 0 Å². The Kier molecular flexibility index (Phi) is 5.50. The van der Waals surface area contributed by atoms with Gasteiger partial charge in [-0.25, -0.2) is 0 Å². The van der Waals surface area contributed by atoms with Gasteiger partial charge in [0.2, 0.25) is 0 Å². The van der Waals surface area contributed by atoms with E-state index in [1.165, 1.54) is 77.3 Å². The maximum absolute atomic E-state index is 6.20. The standard InChI is InChI=1S/C16H32N2/c1-2-15-8-10-16(14-17,11-9-15)18-12-6-4-3-5-7-13-18/h15H,2-14,17H2,1H3. The molecule has 1 heterocycles. The third kappa shape index (κ3) is 3.27. The molecule has 2 N–H and O–H groups in total. The first-order chi connectivity index (χ1) is 8.80. The summed E-state index contributed by atoms with van der Waals surface area (Å²) in [6.07, 6.45) is 13.9. The van der Waals surface area contributed by atoms with Crippen molar-refractivity contribution in [1.29, 1.82) is 0 Å². The van der Waals surface area contributed by atoms with Gasteiger partial charge < -0.3 is 5.73 Å². The first kappa shape index (κ1) is 14.3. The van der Waals surface area contributed by atoms with E-state index in [0.29, 0.717) is 5.54 Å². The smallest absolute Gasteiger partial charge is 0.0331 e. The minimum absolute atomic E-state index is 0.364. The van der Waals surface area contributed by atoms with Crippen LogP contribution in [0, 0.1) is 5.92 Å². The third-order valence-electron chi connectivity index (χ3n) is 5.52. The Morgan fingerprint density at radius 2 is 1.56 bits per heavy atom. The molecule has 0 bridgehead atoms. The van der Waals surface area contributed by atoms with Crippen LogP contribution in [0.4, 0.5) is 0 Å². The number of hydrogen-bond donors (Lipinski definition) is 1. The number of nitrogens with two attached hydrogens (primary N) is 1. The van der Waals surface area contributed by atoms with Crippen LogP contribution in [-0.4, -0.2) is 30.1 Å². The van der Waals surface area contributed by atoms with Crippen molar-refractivity contribution in [2.75, 3.05) is 19.6 Å². The van der Waals surface area contributed by atoms with Crippen LogP contribution in [0.2, 0.25) is 0 Å². The van der Waals surface area contributed by atoms with Gasteiger partial charge in [-0.15, -0.1) is 0 Å². The largest absolute Gasteiger partial charge is 0.329 e. The molecule has 2 fully saturated rings. The lowest BCUT2D eigenvalue weighted by Gasteiger charge is -2.48. The Hall–Kier alpha value is -0.0800. The highest BCUT2D eigenvalue weighted by Crippen LogP contribution is 2.38. The Morgan fingerprint density at radius 3 is 2.06 bits per heavy atom. The number of nitrogens with zero attached hydrogens (tertiary/aromatic N) is 1. The predicted molar refractivity (Wildman–Crippen MR) is 78.7 cm³/mol. The molecule has 106 valence electrons. The molecule has 0 amide bonds. The van der Waals surface area contributed by atoms with Gasteiger partial charge in [-0.3, -0.25) is 4.90 Å². The Bertz CT molecular complexity index is 223. The summed E-state index contributed by atoms with van der Waals surface area (Å²) in [5, 5.41) is 0. The maximum Gasteiger partial charge on any atom is 0.0331 e. The SMILES string of the molecule is CCC1CCC(CN)(N2CCCCCCC2)CC1. The van der Waals surface area contributed by atoms with E-state index in [1.807, 2.05) is 0 Å². The summed E-state index contributed by atoms with van der Waals surface area (Å²) in [5.41, 5.74) is 6.57. The van der Waals surface area contributed by atoms with E-state index in [-0.39, 0.29) is 0 Å². The molecule has 18 heavy (non-hydrogen) atoms. The van der Waals surface area contributed by atoms with Gasteiger partial charge in [0.25, 0.3) is 0 Å². The zero-order chi connectivity index (χ0) is 12.8. The van der Waals surface area contributed by atoms with E-state index in [2.05, 4.69) is 11.8 Å². The molecular formula is C16H32N2. The molecule has 1 aliphatic heterocycles. The highest BCUT2D eigenvalue weighted by Gasteiger charge is 2.38. The predicted octanol–water partition coefficient (Wildman–Crippen LogP) is 3.55. The van der Waals surface area contributed by atoms with Crippen LogP contribution in [0.3, 0.4) is 0 Å². The molecule has 1 saturated heterocycles. The van der Waals surface area contributed by atoms with Gasteiger partial charge in [0, 0.05) is 12.1 Å². The summed E-state index contributed by atoms with van der Waals surface area (Å²) in [6, 6.07) is 0. The van der Waals surface area contributed by atoms with Crippen LogP contribution in [0.1, 0.15) is 71.1 Å². The maximum atomic E-state index is 6.20. The van der Waals surface area contributed by atoms with Crippen molar-refractivity contribution in [1.82, 2.24) is 4.90 Å². The van der Waals surface area contributed by atoms with Gasteiger partial charge in [-0.1, -0.05) is 32.6 Å². The lowest BCUT2D eigenvalue weighted by molar-refractivity contribution is 0.0353. The average molecular weight is 252 g/mol. The Labute approximate surface area is 113 Å². The van der Waals surface area contributed by atoms with E-state index in [0.717, 1.165) is 12.5 Å². The van der Waals surface area contributed by atoms with E-state index >= 15 is 0 Å². The second-order valence-electron chi connectivity index (χ2n) is 6.53. The van der Waals surface area contributed by atoms with Gasteiger partial charge in [0.15, 0.2) is 0 Å². The summed E-state index contributed by atoms with van der Waals surface area (Å²) in [6.45, 7) is 5.82. The van der Waals surface area contributed by atoms with E-state index in [1.54, 1.807) is 0 Å². The summed E-state index contributed by atoms with van der Waals surface area (Å²) < 4.78 is 0. The van der Waals surface area contributed by atoms with Gasteiger partial charge in [-0.05, 0) is 57.5 Å². The number of likely N-dealkylation sites (tertiary alicyclic amines) is 1. The molecule has 2 aliphatic rings. The van der Waals surface area contributed by atoms with Gasteiger partial charge >= 0.3 is 0 Å². The minimum atomic E-state index is 0.364. The minimum Gasteiger partial charge on any atom is -0.329 e. The normalized spacial score (nSPS) is 36.0. The molecule has 2 heteroatoms. The highest BCUT2D eigenvalue weighted by molar-refractivity contribution is 4.96. The number of rotatable bonds is 3. The molecule has 0 unspecified atom stereocenters. The highest BCUT2D eigenvalue weighted by atomic mass is 15.2. The summed E-state index contributed by atoms with van der Waals surface area (Å²) >= 11 is 0. The van der Waals surface area contributed by atoms with Crippen LogP contribution < -0.4 is 5.73 Å².